The first-order chi connectivity index (χ1) is 14.9. The van der Waals surface area contributed by atoms with Crippen molar-refractivity contribution < 1.29 is 14.4 Å². The Hall–Kier alpha value is -2.41. The van der Waals surface area contributed by atoms with E-state index < -0.39 is 5.54 Å². The molecule has 2 saturated heterocycles. The summed E-state index contributed by atoms with van der Waals surface area (Å²) >= 11 is 0. The summed E-state index contributed by atoms with van der Waals surface area (Å²) in [7, 11) is 0. The molecule has 168 valence electrons. The zero-order valence-corrected chi connectivity index (χ0v) is 18.5. The number of hydrogen-bond donors (Lipinski definition) is 2. The van der Waals surface area contributed by atoms with Gasteiger partial charge in [-0.25, -0.2) is 4.79 Å². The molecule has 3 aliphatic rings. The molecule has 7 heteroatoms. The number of carbonyl (C=O) groups excluding carboxylic acids is 3. The Bertz CT molecular complexity index is 826. The van der Waals surface area contributed by atoms with Gasteiger partial charge in [-0.15, -0.1) is 0 Å². The van der Waals surface area contributed by atoms with E-state index in [9.17, 15) is 14.4 Å². The highest BCUT2D eigenvalue weighted by Gasteiger charge is 2.51. The molecular formula is C24H34N4O3. The summed E-state index contributed by atoms with van der Waals surface area (Å²) in [6.07, 6.45) is 6.46. The summed E-state index contributed by atoms with van der Waals surface area (Å²) in [5.41, 5.74) is 1.89. The van der Waals surface area contributed by atoms with Crippen molar-refractivity contribution in [1.82, 2.24) is 20.4 Å². The molecule has 1 saturated carbocycles. The Labute approximate surface area is 184 Å². The molecule has 2 N–H and O–H groups in total. The Balaban J connectivity index is 1.19. The number of rotatable bonds is 6. The van der Waals surface area contributed by atoms with Gasteiger partial charge in [0.05, 0.1) is 0 Å². The molecule has 1 spiro atoms. The van der Waals surface area contributed by atoms with E-state index in [0.717, 1.165) is 51.7 Å². The van der Waals surface area contributed by atoms with Crippen LogP contribution < -0.4 is 10.6 Å². The van der Waals surface area contributed by atoms with Crippen molar-refractivity contribution in [3.63, 3.8) is 0 Å². The van der Waals surface area contributed by atoms with E-state index in [0.29, 0.717) is 12.8 Å². The second kappa shape index (κ2) is 9.39. The van der Waals surface area contributed by atoms with Crippen LogP contribution in [-0.4, -0.2) is 58.9 Å². The molecule has 4 rings (SSSR count). The predicted molar refractivity (Wildman–Crippen MR) is 118 cm³/mol. The van der Waals surface area contributed by atoms with Crippen LogP contribution in [0.3, 0.4) is 0 Å². The van der Waals surface area contributed by atoms with E-state index in [1.165, 1.54) is 16.0 Å². The molecule has 2 aliphatic heterocycles. The number of amides is 4. The van der Waals surface area contributed by atoms with Gasteiger partial charge < -0.3 is 10.6 Å². The normalized spacial score (nSPS) is 22.0. The average molecular weight is 427 g/mol. The fourth-order valence-corrected chi connectivity index (χ4v) is 5.19. The fourth-order valence-electron chi connectivity index (χ4n) is 5.19. The number of urea groups is 1. The van der Waals surface area contributed by atoms with Gasteiger partial charge in [-0.05, 0) is 38.2 Å². The van der Waals surface area contributed by atoms with Crippen molar-refractivity contribution in [2.24, 2.45) is 0 Å². The molecular weight excluding hydrogens is 392 g/mol. The first kappa shape index (κ1) is 21.8. The number of benzene rings is 1. The summed E-state index contributed by atoms with van der Waals surface area (Å²) in [4.78, 5) is 41.3. The lowest BCUT2D eigenvalue weighted by Crippen LogP contribution is -2.48. The maximum atomic E-state index is 12.8. The maximum Gasteiger partial charge on any atom is 0.325 e. The van der Waals surface area contributed by atoms with E-state index in [2.05, 4.69) is 46.7 Å². The van der Waals surface area contributed by atoms with Crippen LogP contribution in [0.1, 0.15) is 62.5 Å². The molecule has 4 amide bonds. The van der Waals surface area contributed by atoms with Crippen LogP contribution in [0.2, 0.25) is 0 Å². The molecule has 0 unspecified atom stereocenters. The molecule has 1 aliphatic carbocycles. The van der Waals surface area contributed by atoms with E-state index in [-0.39, 0.29) is 36.9 Å². The van der Waals surface area contributed by atoms with Crippen molar-refractivity contribution in [3.8, 4) is 0 Å². The molecule has 0 aromatic heterocycles. The molecule has 31 heavy (non-hydrogen) atoms. The zero-order valence-electron chi connectivity index (χ0n) is 18.5. The first-order valence-electron chi connectivity index (χ1n) is 11.7. The minimum atomic E-state index is -0.712. The van der Waals surface area contributed by atoms with Gasteiger partial charge in [-0.2, -0.15) is 0 Å². The Kier molecular flexibility index (Phi) is 6.60. The molecule has 0 radical (unpaired) electrons. The lowest BCUT2D eigenvalue weighted by molar-refractivity contribution is -0.132. The van der Waals surface area contributed by atoms with Crippen molar-refractivity contribution >= 4 is 17.8 Å². The Morgan fingerprint density at radius 2 is 1.90 bits per heavy atom. The van der Waals surface area contributed by atoms with Crippen LogP contribution in [-0.2, 0) is 16.1 Å². The predicted octanol–water partition coefficient (Wildman–Crippen LogP) is 2.72. The lowest BCUT2D eigenvalue weighted by atomic mass is 9.82. The van der Waals surface area contributed by atoms with Gasteiger partial charge in [0.25, 0.3) is 5.91 Å². The van der Waals surface area contributed by atoms with Crippen LogP contribution in [0.25, 0.3) is 0 Å². The Morgan fingerprint density at radius 3 is 2.61 bits per heavy atom. The highest BCUT2D eigenvalue weighted by Crippen LogP contribution is 2.33. The third-order valence-corrected chi connectivity index (χ3v) is 6.96. The minimum Gasteiger partial charge on any atom is -0.353 e. The second-order valence-corrected chi connectivity index (χ2v) is 9.39. The largest absolute Gasteiger partial charge is 0.353 e. The van der Waals surface area contributed by atoms with Crippen molar-refractivity contribution in [2.45, 2.75) is 76.4 Å². The number of carbonyl (C=O) groups is 3. The number of nitrogens with zero attached hydrogens (tertiary/aromatic N) is 2. The van der Waals surface area contributed by atoms with Gasteiger partial charge in [0, 0.05) is 38.6 Å². The summed E-state index contributed by atoms with van der Waals surface area (Å²) in [6, 6.07) is 8.41. The molecule has 1 aromatic carbocycles. The number of aryl methyl sites for hydroxylation is 1. The second-order valence-electron chi connectivity index (χ2n) is 9.39. The van der Waals surface area contributed by atoms with Crippen LogP contribution in [0.5, 0.6) is 0 Å². The van der Waals surface area contributed by atoms with Gasteiger partial charge in [-0.1, -0.05) is 49.1 Å². The molecule has 7 nitrogen and oxygen atoms in total. The van der Waals surface area contributed by atoms with Crippen LogP contribution in [0, 0.1) is 6.92 Å². The van der Waals surface area contributed by atoms with E-state index in [1.54, 1.807) is 0 Å². The molecule has 2 heterocycles. The fraction of sp³-hybridized carbons (Fsp3) is 0.625. The number of piperidine rings is 1. The summed E-state index contributed by atoms with van der Waals surface area (Å²) in [5.74, 6) is -0.225. The van der Waals surface area contributed by atoms with Crippen molar-refractivity contribution in [3.05, 3.63) is 35.4 Å². The summed E-state index contributed by atoms with van der Waals surface area (Å²) in [6.45, 7) is 5.11. The third kappa shape index (κ3) is 5.09. The highest BCUT2D eigenvalue weighted by molar-refractivity contribution is 6.07. The third-order valence-electron chi connectivity index (χ3n) is 6.96. The SMILES string of the molecule is Cc1cccc(CN2CCC(NC(=O)CCN3C(=O)NC4(CCCCC4)C3=O)CC2)c1. The quantitative estimate of drug-likeness (QED) is 0.686. The molecule has 0 bridgehead atoms. The van der Waals surface area contributed by atoms with Gasteiger partial charge in [-0.3, -0.25) is 19.4 Å². The number of nitrogens with one attached hydrogen (secondary N) is 2. The highest BCUT2D eigenvalue weighted by atomic mass is 16.2. The number of hydrogen-bond acceptors (Lipinski definition) is 4. The first-order valence-corrected chi connectivity index (χ1v) is 11.7. The number of likely N-dealkylation sites (tertiary alicyclic amines) is 1. The van der Waals surface area contributed by atoms with Gasteiger partial charge in [0.2, 0.25) is 5.91 Å². The molecule has 0 atom stereocenters. The smallest absolute Gasteiger partial charge is 0.325 e. The van der Waals surface area contributed by atoms with Crippen LogP contribution in [0.15, 0.2) is 24.3 Å². The molecule has 3 fully saturated rings. The molecule has 1 aromatic rings. The summed E-state index contributed by atoms with van der Waals surface area (Å²) < 4.78 is 0. The average Bonchev–Trinajstić information content (AvgIpc) is 2.97. The standard InChI is InChI=1S/C24H34N4O3/c1-18-6-5-7-19(16-18)17-27-13-8-20(9-14-27)25-21(29)10-15-28-22(30)24(26-23(28)31)11-3-2-4-12-24/h5-7,16,20H,2-4,8-15,17H2,1H3,(H,25,29)(H,26,31). The van der Waals surface area contributed by atoms with E-state index in [4.69, 9.17) is 0 Å². The number of imide groups is 1. The topological polar surface area (TPSA) is 81.8 Å². The van der Waals surface area contributed by atoms with Crippen LogP contribution in [0.4, 0.5) is 4.79 Å². The maximum absolute atomic E-state index is 12.8. The van der Waals surface area contributed by atoms with Gasteiger partial charge >= 0.3 is 6.03 Å². The van der Waals surface area contributed by atoms with Crippen LogP contribution >= 0.6 is 0 Å². The van der Waals surface area contributed by atoms with Gasteiger partial charge in [0.15, 0.2) is 0 Å². The van der Waals surface area contributed by atoms with E-state index >= 15 is 0 Å². The Morgan fingerprint density at radius 1 is 1.16 bits per heavy atom. The lowest BCUT2D eigenvalue weighted by Gasteiger charge is -2.32. The monoisotopic (exact) mass is 426 g/mol. The minimum absolute atomic E-state index is 0.0812. The van der Waals surface area contributed by atoms with Crippen molar-refractivity contribution in [2.75, 3.05) is 19.6 Å². The van der Waals surface area contributed by atoms with E-state index in [1.807, 2.05) is 0 Å². The summed E-state index contributed by atoms with van der Waals surface area (Å²) in [5, 5.41) is 6.00. The van der Waals surface area contributed by atoms with Gasteiger partial charge in [0.1, 0.15) is 5.54 Å². The zero-order chi connectivity index (χ0) is 21.8. The van der Waals surface area contributed by atoms with Crippen molar-refractivity contribution in [1.29, 1.82) is 0 Å².